The maximum absolute atomic E-state index is 12.3. The van der Waals surface area contributed by atoms with Crippen molar-refractivity contribution >= 4 is 29.5 Å². The van der Waals surface area contributed by atoms with Crippen LogP contribution in [-0.2, 0) is 16.1 Å². The van der Waals surface area contributed by atoms with E-state index in [4.69, 9.17) is 4.74 Å². The molecule has 180 valence electrons. The van der Waals surface area contributed by atoms with E-state index in [0.29, 0.717) is 6.61 Å². The molecule has 0 aliphatic carbocycles. The number of carbonyl (C=O) groups is 1. The van der Waals surface area contributed by atoms with Crippen LogP contribution in [0.3, 0.4) is 0 Å². The second-order valence-corrected chi connectivity index (χ2v) is 11.1. The van der Waals surface area contributed by atoms with Crippen molar-refractivity contribution in [2.75, 3.05) is 5.75 Å². The van der Waals surface area contributed by atoms with Gasteiger partial charge < -0.3 is 4.74 Å². The monoisotopic (exact) mass is 492 g/mol. The summed E-state index contributed by atoms with van der Waals surface area (Å²) in [5.74, 6) is 1.01. The number of hydrogen-bond acceptors (Lipinski definition) is 4. The molecule has 0 saturated carbocycles. The Morgan fingerprint density at radius 2 is 1.35 bits per heavy atom. The van der Waals surface area contributed by atoms with Crippen LogP contribution in [0.4, 0.5) is 0 Å². The first-order valence-electron chi connectivity index (χ1n) is 12.4. The predicted octanol–water partition coefficient (Wildman–Crippen LogP) is 9.03. The Hall–Kier alpha value is -2.17. The van der Waals surface area contributed by atoms with Gasteiger partial charge in [-0.25, -0.2) is 0 Å². The fourth-order valence-electron chi connectivity index (χ4n) is 3.64. The lowest BCUT2D eigenvalue weighted by molar-refractivity contribution is -0.143. The molecule has 0 aliphatic rings. The number of benzene rings is 3. The maximum atomic E-state index is 12.3. The van der Waals surface area contributed by atoms with E-state index in [9.17, 15) is 4.79 Å². The molecule has 0 fully saturated rings. The Morgan fingerprint density at radius 3 is 2.00 bits per heavy atom. The van der Waals surface area contributed by atoms with Gasteiger partial charge in [0, 0.05) is 9.79 Å². The molecule has 0 N–H and O–H groups in total. The van der Waals surface area contributed by atoms with Gasteiger partial charge in [-0.1, -0.05) is 93.6 Å². The number of rotatable bonds is 14. The van der Waals surface area contributed by atoms with Gasteiger partial charge in [0.2, 0.25) is 0 Å². The van der Waals surface area contributed by atoms with Crippen LogP contribution >= 0.6 is 23.5 Å². The Morgan fingerprint density at radius 1 is 0.765 bits per heavy atom. The van der Waals surface area contributed by atoms with Crippen LogP contribution in [0.1, 0.15) is 57.9 Å². The summed E-state index contributed by atoms with van der Waals surface area (Å²) in [6, 6.07) is 27.1. The zero-order valence-electron chi connectivity index (χ0n) is 20.4. The van der Waals surface area contributed by atoms with E-state index in [1.807, 2.05) is 49.0 Å². The second kappa shape index (κ2) is 15.0. The van der Waals surface area contributed by atoms with Crippen LogP contribution in [0.25, 0.3) is 11.1 Å². The minimum atomic E-state index is -0.252. The van der Waals surface area contributed by atoms with Gasteiger partial charge in [0.15, 0.2) is 0 Å². The Kier molecular flexibility index (Phi) is 11.6. The molecule has 0 bridgehead atoms. The van der Waals surface area contributed by atoms with E-state index < -0.39 is 0 Å². The second-order valence-electron chi connectivity index (χ2n) is 8.52. The highest BCUT2D eigenvalue weighted by molar-refractivity contribution is 8.00. The summed E-state index contributed by atoms with van der Waals surface area (Å²) in [6.07, 6.45) is 8.08. The first-order chi connectivity index (χ1) is 16.7. The third-order valence-electron chi connectivity index (χ3n) is 5.68. The fourth-order valence-corrected chi connectivity index (χ4v) is 5.42. The zero-order chi connectivity index (χ0) is 24.0. The Balaban J connectivity index is 1.42. The first kappa shape index (κ1) is 26.4. The smallest absolute Gasteiger partial charge is 0.319 e. The molecule has 3 aromatic rings. The van der Waals surface area contributed by atoms with E-state index in [1.165, 1.54) is 72.1 Å². The van der Waals surface area contributed by atoms with Crippen molar-refractivity contribution in [3.8, 4) is 11.1 Å². The van der Waals surface area contributed by atoms with Crippen LogP contribution in [-0.4, -0.2) is 17.0 Å². The normalized spacial score (nSPS) is 11.8. The topological polar surface area (TPSA) is 26.3 Å². The van der Waals surface area contributed by atoms with Crippen LogP contribution in [0.15, 0.2) is 88.7 Å². The highest BCUT2D eigenvalue weighted by Crippen LogP contribution is 2.29. The molecule has 0 amide bonds. The molecule has 0 aliphatic heterocycles. The van der Waals surface area contributed by atoms with Crippen molar-refractivity contribution in [1.29, 1.82) is 0 Å². The van der Waals surface area contributed by atoms with Crippen molar-refractivity contribution in [1.82, 2.24) is 0 Å². The lowest BCUT2D eigenvalue weighted by atomic mass is 10.1. The van der Waals surface area contributed by atoms with Crippen molar-refractivity contribution in [2.24, 2.45) is 0 Å². The molecule has 2 nitrogen and oxygen atoms in total. The van der Waals surface area contributed by atoms with Crippen molar-refractivity contribution in [3.63, 3.8) is 0 Å². The molecule has 0 spiro atoms. The maximum Gasteiger partial charge on any atom is 0.319 e. The lowest BCUT2D eigenvalue weighted by Crippen LogP contribution is -2.16. The first-order valence-corrected chi connectivity index (χ1v) is 14.2. The third kappa shape index (κ3) is 9.23. The summed E-state index contributed by atoms with van der Waals surface area (Å²) in [6.45, 7) is 4.48. The van der Waals surface area contributed by atoms with Crippen LogP contribution in [0, 0.1) is 0 Å². The summed E-state index contributed by atoms with van der Waals surface area (Å²) in [4.78, 5) is 14.8. The summed E-state index contributed by atoms with van der Waals surface area (Å²) in [5, 5.41) is -0.252. The number of esters is 1. The van der Waals surface area contributed by atoms with Crippen molar-refractivity contribution in [3.05, 3.63) is 84.4 Å². The summed E-state index contributed by atoms with van der Waals surface area (Å²) in [7, 11) is 0. The standard InChI is InChI=1S/C30H36O2S2/c1-3-4-5-6-7-11-22-33-28-18-14-26(15-19-28)27-16-20-29(21-17-27)34-24(2)30(31)32-23-25-12-9-8-10-13-25/h8-10,12-21,24H,3-7,11,22-23H2,1-2H3/t24-/m1/s1. The molecule has 3 aromatic carbocycles. The molecule has 0 saturated heterocycles. The van der Waals surface area contributed by atoms with E-state index in [2.05, 4.69) is 55.5 Å². The van der Waals surface area contributed by atoms with E-state index in [0.717, 1.165) is 10.5 Å². The molecule has 0 radical (unpaired) electrons. The highest BCUT2D eigenvalue weighted by Gasteiger charge is 2.16. The summed E-state index contributed by atoms with van der Waals surface area (Å²) in [5.41, 5.74) is 3.41. The fraction of sp³-hybridized carbons (Fsp3) is 0.367. The minimum Gasteiger partial charge on any atom is -0.460 e. The lowest BCUT2D eigenvalue weighted by Gasteiger charge is -2.12. The molecule has 0 unspecified atom stereocenters. The Labute approximate surface area is 213 Å². The van der Waals surface area contributed by atoms with E-state index >= 15 is 0 Å². The zero-order valence-corrected chi connectivity index (χ0v) is 22.0. The molecular weight excluding hydrogens is 456 g/mol. The molecular formula is C30H36O2S2. The average molecular weight is 493 g/mol. The number of thioether (sulfide) groups is 2. The largest absolute Gasteiger partial charge is 0.460 e. The van der Waals surface area contributed by atoms with Gasteiger partial charge in [-0.2, -0.15) is 0 Å². The molecule has 34 heavy (non-hydrogen) atoms. The van der Waals surface area contributed by atoms with E-state index in [1.54, 1.807) is 0 Å². The predicted molar refractivity (Wildman–Crippen MR) is 148 cm³/mol. The molecule has 4 heteroatoms. The third-order valence-corrected chi connectivity index (χ3v) is 7.87. The highest BCUT2D eigenvalue weighted by atomic mass is 32.2. The van der Waals surface area contributed by atoms with Crippen LogP contribution < -0.4 is 0 Å². The number of unbranched alkanes of at least 4 members (excludes halogenated alkanes) is 5. The number of hydrogen-bond donors (Lipinski definition) is 0. The Bertz CT molecular complexity index is 969. The van der Waals surface area contributed by atoms with Gasteiger partial charge in [0.05, 0.1) is 0 Å². The quantitative estimate of drug-likeness (QED) is 0.127. The number of ether oxygens (including phenoxy) is 1. The number of carbonyl (C=O) groups excluding carboxylic acids is 1. The summed E-state index contributed by atoms with van der Waals surface area (Å²) < 4.78 is 5.46. The van der Waals surface area contributed by atoms with Crippen LogP contribution in [0.5, 0.6) is 0 Å². The van der Waals surface area contributed by atoms with Gasteiger partial charge in [0.1, 0.15) is 11.9 Å². The van der Waals surface area contributed by atoms with E-state index in [-0.39, 0.29) is 11.2 Å². The van der Waals surface area contributed by atoms with Crippen molar-refractivity contribution in [2.45, 2.75) is 74.0 Å². The van der Waals surface area contributed by atoms with Crippen LogP contribution in [0.2, 0.25) is 0 Å². The van der Waals surface area contributed by atoms with Gasteiger partial charge in [-0.15, -0.1) is 23.5 Å². The van der Waals surface area contributed by atoms with Gasteiger partial charge in [-0.3, -0.25) is 4.79 Å². The SMILES string of the molecule is CCCCCCCCSc1ccc(-c2ccc(S[C@H](C)C(=O)OCc3ccccc3)cc2)cc1. The minimum absolute atomic E-state index is 0.188. The van der Waals surface area contributed by atoms with Crippen molar-refractivity contribution < 1.29 is 9.53 Å². The summed E-state index contributed by atoms with van der Waals surface area (Å²) >= 11 is 3.49. The van der Waals surface area contributed by atoms with Gasteiger partial charge in [0.25, 0.3) is 0 Å². The average Bonchev–Trinajstić information content (AvgIpc) is 2.88. The molecule has 0 heterocycles. The molecule has 3 rings (SSSR count). The molecule has 0 aromatic heterocycles. The van der Waals surface area contributed by atoms with Gasteiger partial charge in [-0.05, 0) is 60.1 Å². The van der Waals surface area contributed by atoms with Gasteiger partial charge >= 0.3 is 5.97 Å². The molecule has 1 atom stereocenters.